The summed E-state index contributed by atoms with van der Waals surface area (Å²) in [5.74, 6) is -1.14. The molecule has 0 aromatic heterocycles. The zero-order chi connectivity index (χ0) is 22.4. The van der Waals surface area contributed by atoms with E-state index in [0.717, 1.165) is 0 Å². The van der Waals surface area contributed by atoms with Gasteiger partial charge in [0.05, 0.1) is 11.7 Å². The molecule has 1 aromatic carbocycles. The quantitative estimate of drug-likeness (QED) is 0.633. The Balaban J connectivity index is 3.02. The number of carbonyl (C=O) groups is 3. The number of benzene rings is 1. The number of nitrogens with one attached hydrogen (secondary N) is 1. The molecule has 0 radical (unpaired) electrons. The number of Topliss-reactive ketones (excluding diaryl/α,β-unsaturated/α-hetero) is 1. The van der Waals surface area contributed by atoms with E-state index in [1.807, 2.05) is 20.8 Å². The van der Waals surface area contributed by atoms with Crippen molar-refractivity contribution in [3.63, 3.8) is 0 Å². The van der Waals surface area contributed by atoms with Crippen molar-refractivity contribution in [2.24, 2.45) is 0 Å². The summed E-state index contributed by atoms with van der Waals surface area (Å²) in [5.41, 5.74) is -0.921. The van der Waals surface area contributed by atoms with Gasteiger partial charge in [0, 0.05) is 5.56 Å². The molecule has 0 fully saturated rings. The van der Waals surface area contributed by atoms with Crippen LogP contribution in [0.5, 0.6) is 5.75 Å². The molecule has 0 heterocycles. The molecule has 1 rings (SSSR count). The molecule has 0 aliphatic carbocycles. The summed E-state index contributed by atoms with van der Waals surface area (Å²) in [6.45, 7) is 12.0. The van der Waals surface area contributed by atoms with Crippen LogP contribution in [0.4, 0.5) is 4.79 Å². The van der Waals surface area contributed by atoms with Gasteiger partial charge in [-0.1, -0.05) is 0 Å². The third-order valence-corrected chi connectivity index (χ3v) is 3.46. The van der Waals surface area contributed by atoms with Gasteiger partial charge in [-0.05, 0) is 72.7 Å². The Morgan fingerprint density at radius 3 is 2.00 bits per heavy atom. The summed E-state index contributed by atoms with van der Waals surface area (Å²) in [6.07, 6.45) is -1.35. The molecule has 0 saturated heterocycles. The Kier molecular flexibility index (Phi) is 8.20. The molecule has 29 heavy (non-hydrogen) atoms. The highest BCUT2D eigenvalue weighted by atomic mass is 16.6. The first-order valence-corrected chi connectivity index (χ1v) is 9.34. The molecule has 0 bridgehead atoms. The molecule has 0 unspecified atom stereocenters. The zero-order valence-electron chi connectivity index (χ0n) is 18.1. The highest BCUT2D eigenvalue weighted by Crippen LogP contribution is 2.19. The Morgan fingerprint density at radius 1 is 1.00 bits per heavy atom. The van der Waals surface area contributed by atoms with Gasteiger partial charge in [-0.15, -0.1) is 0 Å². The second kappa shape index (κ2) is 9.73. The maximum atomic E-state index is 13.1. The fourth-order valence-electron chi connectivity index (χ4n) is 2.50. The fraction of sp³-hybridized carbons (Fsp3) is 0.571. The van der Waals surface area contributed by atoms with Crippen LogP contribution in [0.15, 0.2) is 24.3 Å². The summed E-state index contributed by atoms with van der Waals surface area (Å²) in [6, 6.07) is 5.03. The predicted molar refractivity (Wildman–Crippen MR) is 107 cm³/mol. The second-order valence-corrected chi connectivity index (χ2v) is 8.63. The first-order chi connectivity index (χ1) is 13.2. The van der Waals surface area contributed by atoms with Gasteiger partial charge in [0.1, 0.15) is 17.4 Å². The van der Waals surface area contributed by atoms with Gasteiger partial charge in [-0.25, -0.2) is 9.59 Å². The van der Waals surface area contributed by atoms with Gasteiger partial charge in [-0.3, -0.25) is 4.79 Å². The van der Waals surface area contributed by atoms with Crippen LogP contribution in [-0.2, 0) is 14.3 Å². The van der Waals surface area contributed by atoms with Crippen molar-refractivity contribution in [1.82, 2.24) is 5.32 Å². The molecule has 1 aromatic rings. The van der Waals surface area contributed by atoms with E-state index in [1.54, 1.807) is 27.7 Å². The highest BCUT2D eigenvalue weighted by Gasteiger charge is 2.32. The largest absolute Gasteiger partial charge is 0.482 e. The summed E-state index contributed by atoms with van der Waals surface area (Å²) in [4.78, 5) is 35.9. The molecule has 0 saturated carbocycles. The van der Waals surface area contributed by atoms with Crippen molar-refractivity contribution in [3.8, 4) is 5.75 Å². The summed E-state index contributed by atoms with van der Waals surface area (Å²) in [7, 11) is 0. The van der Waals surface area contributed by atoms with Crippen molar-refractivity contribution in [1.29, 1.82) is 0 Å². The van der Waals surface area contributed by atoms with Crippen molar-refractivity contribution < 1.29 is 33.7 Å². The van der Waals surface area contributed by atoms with E-state index < -0.39 is 42.0 Å². The lowest BCUT2D eigenvalue weighted by Gasteiger charge is -2.31. The number of carboxylic acid groups (broad SMARTS) is 1. The molecule has 0 aliphatic heterocycles. The smallest absolute Gasteiger partial charge is 0.408 e. The zero-order valence-corrected chi connectivity index (χ0v) is 18.1. The average molecular weight is 409 g/mol. The normalized spacial score (nSPS) is 13.9. The van der Waals surface area contributed by atoms with Crippen LogP contribution in [0.25, 0.3) is 0 Å². The molecule has 8 heteroatoms. The molecule has 2 atom stereocenters. The van der Waals surface area contributed by atoms with E-state index >= 15 is 0 Å². The third kappa shape index (κ3) is 9.43. The molecule has 0 aliphatic rings. The second-order valence-electron chi connectivity index (χ2n) is 8.63. The Labute approximate surface area is 171 Å². The lowest BCUT2D eigenvalue weighted by molar-refractivity contribution is -0.139. The summed E-state index contributed by atoms with van der Waals surface area (Å²) >= 11 is 0. The van der Waals surface area contributed by atoms with E-state index in [-0.39, 0.29) is 5.78 Å². The molecule has 2 N–H and O–H groups in total. The molecule has 8 nitrogen and oxygen atoms in total. The molecule has 0 spiro atoms. The van der Waals surface area contributed by atoms with Crippen LogP contribution in [0.3, 0.4) is 0 Å². The van der Waals surface area contributed by atoms with Crippen LogP contribution in [0.2, 0.25) is 0 Å². The molecule has 1 amide bonds. The number of carboxylic acids is 1. The lowest BCUT2D eigenvalue weighted by Crippen LogP contribution is -2.51. The highest BCUT2D eigenvalue weighted by molar-refractivity contribution is 6.02. The van der Waals surface area contributed by atoms with Crippen LogP contribution < -0.4 is 10.1 Å². The Morgan fingerprint density at radius 2 is 1.55 bits per heavy atom. The predicted octanol–water partition coefficient (Wildman–Crippen LogP) is 3.43. The first-order valence-electron chi connectivity index (χ1n) is 9.34. The number of amides is 1. The SMILES string of the molecule is C[C@@H](OC(C)(C)C)[C@H](NC(=O)OC(C)(C)C)C(=O)c1ccc(OCC(=O)O)cc1. The third-order valence-electron chi connectivity index (χ3n) is 3.46. The number of alkyl carbamates (subject to hydrolysis) is 1. The van der Waals surface area contributed by atoms with Gasteiger partial charge in [0.15, 0.2) is 12.4 Å². The van der Waals surface area contributed by atoms with Crippen LogP contribution in [0.1, 0.15) is 58.8 Å². The number of carbonyl (C=O) groups excluding carboxylic acids is 2. The Bertz CT molecular complexity index is 714. The van der Waals surface area contributed by atoms with Crippen molar-refractivity contribution in [3.05, 3.63) is 29.8 Å². The first kappa shape index (κ1) is 24.4. The maximum Gasteiger partial charge on any atom is 0.408 e. The van der Waals surface area contributed by atoms with Gasteiger partial charge in [0.2, 0.25) is 0 Å². The minimum atomic E-state index is -1.10. The van der Waals surface area contributed by atoms with Gasteiger partial charge in [0.25, 0.3) is 0 Å². The number of ketones is 1. The minimum Gasteiger partial charge on any atom is -0.482 e. The van der Waals surface area contributed by atoms with Gasteiger partial charge < -0.3 is 24.6 Å². The lowest BCUT2D eigenvalue weighted by atomic mass is 9.99. The number of rotatable bonds is 8. The average Bonchev–Trinajstić information content (AvgIpc) is 2.54. The summed E-state index contributed by atoms with van der Waals surface area (Å²) < 4.78 is 16.2. The van der Waals surface area contributed by atoms with E-state index in [2.05, 4.69) is 5.32 Å². The van der Waals surface area contributed by atoms with Crippen LogP contribution in [-0.4, -0.2) is 52.9 Å². The monoisotopic (exact) mass is 409 g/mol. The number of ether oxygens (including phenoxy) is 3. The van der Waals surface area contributed by atoms with Crippen molar-refractivity contribution in [2.45, 2.75) is 71.8 Å². The van der Waals surface area contributed by atoms with Crippen molar-refractivity contribution in [2.75, 3.05) is 6.61 Å². The number of hydrogen-bond donors (Lipinski definition) is 2. The van der Waals surface area contributed by atoms with E-state index in [4.69, 9.17) is 19.3 Å². The van der Waals surface area contributed by atoms with Gasteiger partial charge >= 0.3 is 12.1 Å². The van der Waals surface area contributed by atoms with Crippen LogP contribution in [0, 0.1) is 0 Å². The van der Waals surface area contributed by atoms with Crippen molar-refractivity contribution >= 4 is 17.8 Å². The maximum absolute atomic E-state index is 13.1. The van der Waals surface area contributed by atoms with E-state index in [9.17, 15) is 14.4 Å². The van der Waals surface area contributed by atoms with E-state index in [0.29, 0.717) is 11.3 Å². The van der Waals surface area contributed by atoms with Gasteiger partial charge in [-0.2, -0.15) is 0 Å². The van der Waals surface area contributed by atoms with E-state index in [1.165, 1.54) is 24.3 Å². The topological polar surface area (TPSA) is 111 Å². The molecular formula is C21H31NO7. The Hall–Kier alpha value is -2.61. The number of aliphatic carboxylic acids is 1. The molecular weight excluding hydrogens is 378 g/mol. The van der Waals surface area contributed by atoms with Crippen LogP contribution >= 0.6 is 0 Å². The molecule has 162 valence electrons. The standard InChI is InChI=1S/C21H31NO7/c1-13(28-20(2,3)4)17(22-19(26)29-21(5,6)7)18(25)14-8-10-15(11-9-14)27-12-16(23)24/h8-11,13,17H,12H2,1-7H3,(H,22,26)(H,23,24)/t13-,17+/m1/s1. The number of hydrogen-bond acceptors (Lipinski definition) is 6. The fourth-order valence-corrected chi connectivity index (χ4v) is 2.50. The summed E-state index contributed by atoms with van der Waals surface area (Å²) in [5, 5.41) is 11.3. The minimum absolute atomic E-state index is 0.318.